The maximum absolute atomic E-state index is 12.0. The number of hydrogen-bond donors (Lipinski definition) is 2. The van der Waals surface area contributed by atoms with E-state index in [0.717, 1.165) is 6.08 Å². The number of esters is 1. The summed E-state index contributed by atoms with van der Waals surface area (Å²) in [6.45, 7) is 1.47. The topological polar surface area (TPSA) is 101 Å². The van der Waals surface area contributed by atoms with E-state index in [2.05, 4.69) is 0 Å². The number of aromatic hydroxyl groups is 2. The van der Waals surface area contributed by atoms with Crippen molar-refractivity contribution in [3.05, 3.63) is 35.6 Å². The van der Waals surface area contributed by atoms with Gasteiger partial charge in [0.1, 0.15) is 5.76 Å². The summed E-state index contributed by atoms with van der Waals surface area (Å²) < 4.78 is 4.78. The van der Waals surface area contributed by atoms with Gasteiger partial charge in [0, 0.05) is 12.5 Å². The fourth-order valence-electron chi connectivity index (χ4n) is 2.07. The number of phenols is 2. The smallest absolute Gasteiger partial charge is 0.329 e. The molecule has 0 saturated heterocycles. The van der Waals surface area contributed by atoms with Gasteiger partial charge in [0.05, 0.1) is 0 Å². The molecule has 1 unspecified atom stereocenters. The Kier molecular flexibility index (Phi) is 4.07. The van der Waals surface area contributed by atoms with Crippen LogP contribution in [0.25, 0.3) is 0 Å². The molecule has 0 saturated carbocycles. The van der Waals surface area contributed by atoms with E-state index in [1.54, 1.807) is 6.07 Å². The van der Waals surface area contributed by atoms with Gasteiger partial charge in [-0.2, -0.15) is 0 Å². The first-order valence-electron chi connectivity index (χ1n) is 6.36. The Hall–Kier alpha value is -2.63. The minimum absolute atomic E-state index is 0.0391. The van der Waals surface area contributed by atoms with Crippen LogP contribution < -0.4 is 0 Å². The van der Waals surface area contributed by atoms with Crippen molar-refractivity contribution in [2.75, 3.05) is 0 Å². The van der Waals surface area contributed by atoms with Crippen molar-refractivity contribution in [1.82, 2.24) is 0 Å². The van der Waals surface area contributed by atoms with Crippen LogP contribution in [0.15, 0.2) is 30.0 Å². The lowest BCUT2D eigenvalue weighted by Gasteiger charge is -2.17. The van der Waals surface area contributed by atoms with Crippen LogP contribution in [0.5, 0.6) is 11.5 Å². The second-order valence-electron chi connectivity index (χ2n) is 4.80. The van der Waals surface area contributed by atoms with Gasteiger partial charge in [-0.05, 0) is 31.0 Å². The molecular weight excluding hydrogens is 276 g/mol. The zero-order valence-electron chi connectivity index (χ0n) is 11.3. The lowest BCUT2D eigenvalue weighted by atomic mass is 9.92. The minimum atomic E-state index is -1.40. The molecule has 1 aliphatic rings. The van der Waals surface area contributed by atoms with Crippen LogP contribution in [0.2, 0.25) is 0 Å². The van der Waals surface area contributed by atoms with E-state index >= 15 is 0 Å². The molecule has 0 aromatic heterocycles. The predicted molar refractivity (Wildman–Crippen MR) is 71.4 cm³/mol. The normalized spacial score (nSPS) is 18.1. The summed E-state index contributed by atoms with van der Waals surface area (Å²) in [5.41, 5.74) is 0.613. The molecule has 110 valence electrons. The van der Waals surface area contributed by atoms with Gasteiger partial charge in [0.15, 0.2) is 29.0 Å². The fraction of sp³-hybridized carbons (Fsp3) is 0.267. The third-order valence-electron chi connectivity index (χ3n) is 3.15. The first-order chi connectivity index (χ1) is 9.88. The van der Waals surface area contributed by atoms with Crippen molar-refractivity contribution in [3.8, 4) is 11.5 Å². The van der Waals surface area contributed by atoms with Gasteiger partial charge in [-0.1, -0.05) is 6.07 Å². The third-order valence-corrected chi connectivity index (χ3v) is 3.15. The van der Waals surface area contributed by atoms with Crippen molar-refractivity contribution < 1.29 is 29.3 Å². The maximum Gasteiger partial charge on any atom is 0.329 e. The van der Waals surface area contributed by atoms with Gasteiger partial charge in [-0.25, -0.2) is 0 Å². The molecule has 0 spiro atoms. The van der Waals surface area contributed by atoms with Gasteiger partial charge in [0.25, 0.3) is 0 Å². The quantitative estimate of drug-likeness (QED) is 0.491. The molecule has 21 heavy (non-hydrogen) atoms. The number of ether oxygens (including phenoxy) is 1. The summed E-state index contributed by atoms with van der Waals surface area (Å²) in [5.74, 6) is -3.71. The Balaban J connectivity index is 2.03. The fourth-order valence-corrected chi connectivity index (χ4v) is 2.07. The van der Waals surface area contributed by atoms with E-state index < -0.39 is 23.5 Å². The molecule has 2 N–H and O–H groups in total. The molecule has 0 radical (unpaired) electrons. The monoisotopic (exact) mass is 290 g/mol. The van der Waals surface area contributed by atoms with Crippen LogP contribution in [0.1, 0.15) is 18.9 Å². The highest BCUT2D eigenvalue weighted by Gasteiger charge is 2.36. The highest BCUT2D eigenvalue weighted by atomic mass is 16.5. The molecule has 2 rings (SSSR count). The minimum Gasteiger partial charge on any atom is -0.504 e. The number of carbonyl (C=O) groups excluding carboxylic acids is 3. The van der Waals surface area contributed by atoms with Crippen molar-refractivity contribution in [2.45, 2.75) is 19.8 Å². The van der Waals surface area contributed by atoms with E-state index in [1.165, 1.54) is 19.1 Å². The number of phenolic OH excluding ortho intramolecular Hbond substituents is 2. The van der Waals surface area contributed by atoms with E-state index in [0.29, 0.717) is 5.56 Å². The molecule has 1 heterocycles. The number of carbonyl (C=O) groups is 3. The molecule has 0 bridgehead atoms. The molecule has 6 heteroatoms. The average Bonchev–Trinajstić information content (AvgIpc) is 2.39. The number of cyclic esters (lactones) is 1. The SMILES string of the molecule is CC1=CC(=O)C(C(=O)CCc2ccc(O)c(O)c2)C(=O)O1. The number of rotatable bonds is 4. The molecule has 0 fully saturated rings. The van der Waals surface area contributed by atoms with E-state index in [4.69, 9.17) is 4.74 Å². The lowest BCUT2D eigenvalue weighted by Crippen LogP contribution is -2.35. The van der Waals surface area contributed by atoms with E-state index in [9.17, 15) is 24.6 Å². The van der Waals surface area contributed by atoms with Crippen LogP contribution in [-0.4, -0.2) is 27.7 Å². The second kappa shape index (κ2) is 5.78. The van der Waals surface area contributed by atoms with Crippen molar-refractivity contribution in [2.24, 2.45) is 5.92 Å². The maximum atomic E-state index is 12.0. The third kappa shape index (κ3) is 3.28. The van der Waals surface area contributed by atoms with Crippen LogP contribution in [-0.2, 0) is 25.5 Å². The zero-order chi connectivity index (χ0) is 15.6. The Morgan fingerprint density at radius 1 is 1.24 bits per heavy atom. The van der Waals surface area contributed by atoms with Gasteiger partial charge in [-0.15, -0.1) is 0 Å². The highest BCUT2D eigenvalue weighted by Crippen LogP contribution is 2.26. The first-order valence-corrected chi connectivity index (χ1v) is 6.36. The van der Waals surface area contributed by atoms with Gasteiger partial charge >= 0.3 is 5.97 Å². The number of benzene rings is 1. The lowest BCUT2D eigenvalue weighted by molar-refractivity contribution is -0.152. The summed E-state index contributed by atoms with van der Waals surface area (Å²) in [4.78, 5) is 35.3. The average molecular weight is 290 g/mol. The molecular formula is C15H14O6. The van der Waals surface area contributed by atoms with Crippen LogP contribution in [0.4, 0.5) is 0 Å². The molecule has 1 aliphatic heterocycles. The summed E-state index contributed by atoms with van der Waals surface area (Å²) in [7, 11) is 0. The zero-order valence-corrected chi connectivity index (χ0v) is 11.3. The Morgan fingerprint density at radius 2 is 1.95 bits per heavy atom. The Bertz CT molecular complexity index is 644. The van der Waals surface area contributed by atoms with E-state index in [1.807, 2.05) is 0 Å². The summed E-state index contributed by atoms with van der Waals surface area (Å²) in [6.07, 6.45) is 1.34. The highest BCUT2D eigenvalue weighted by molar-refractivity contribution is 6.22. The Labute approximate surface area is 120 Å². The van der Waals surface area contributed by atoms with Gasteiger partial charge in [0.2, 0.25) is 0 Å². The van der Waals surface area contributed by atoms with E-state index in [-0.39, 0.29) is 30.1 Å². The summed E-state index contributed by atoms with van der Waals surface area (Å²) in [5, 5.41) is 18.5. The van der Waals surface area contributed by atoms with Crippen molar-refractivity contribution in [1.29, 1.82) is 0 Å². The van der Waals surface area contributed by atoms with Crippen LogP contribution >= 0.6 is 0 Å². The summed E-state index contributed by atoms with van der Waals surface area (Å²) >= 11 is 0. The molecule has 1 atom stereocenters. The Morgan fingerprint density at radius 3 is 2.57 bits per heavy atom. The molecule has 1 aromatic rings. The molecule has 1 aromatic carbocycles. The van der Waals surface area contributed by atoms with Gasteiger partial charge < -0.3 is 14.9 Å². The first kappa shape index (κ1) is 14.8. The largest absolute Gasteiger partial charge is 0.504 e. The summed E-state index contributed by atoms with van der Waals surface area (Å²) in [6, 6.07) is 4.18. The standard InChI is InChI=1S/C15H14O6/c1-8-6-13(19)14(15(20)21-8)11(17)5-3-9-2-4-10(16)12(18)7-9/h2,4,6-7,14,16,18H,3,5H2,1H3. The predicted octanol–water partition coefficient (Wildman–Crippen LogP) is 1.25. The second-order valence-corrected chi connectivity index (χ2v) is 4.80. The van der Waals surface area contributed by atoms with Crippen molar-refractivity contribution >= 4 is 17.5 Å². The molecule has 0 aliphatic carbocycles. The number of Topliss-reactive ketones (excluding diaryl/α,β-unsaturated/α-hetero) is 1. The molecule has 0 amide bonds. The van der Waals surface area contributed by atoms with Crippen LogP contribution in [0.3, 0.4) is 0 Å². The number of ketones is 2. The van der Waals surface area contributed by atoms with Crippen molar-refractivity contribution in [3.63, 3.8) is 0 Å². The number of hydrogen-bond acceptors (Lipinski definition) is 6. The molecule has 6 nitrogen and oxygen atoms in total. The number of allylic oxidation sites excluding steroid dienone is 2. The number of aryl methyl sites for hydroxylation is 1. The van der Waals surface area contributed by atoms with Crippen LogP contribution in [0, 0.1) is 5.92 Å². The van der Waals surface area contributed by atoms with Gasteiger partial charge in [-0.3, -0.25) is 14.4 Å².